The minimum atomic E-state index is -4.01. The van der Waals surface area contributed by atoms with Crippen molar-refractivity contribution in [1.29, 1.82) is 0 Å². The molecular formula is C12H14ClNO6S. The number of carbonyl (C=O) groups is 2. The molecule has 0 saturated carbocycles. The molecule has 0 heterocycles. The third kappa shape index (κ3) is 5.70. The van der Waals surface area contributed by atoms with E-state index in [1.54, 1.807) is 0 Å². The van der Waals surface area contributed by atoms with Gasteiger partial charge in [0.1, 0.15) is 6.04 Å². The second-order valence-corrected chi connectivity index (χ2v) is 6.40. The summed E-state index contributed by atoms with van der Waals surface area (Å²) in [6.45, 7) is 0. The van der Waals surface area contributed by atoms with Crippen LogP contribution in [0.3, 0.4) is 0 Å². The van der Waals surface area contributed by atoms with Gasteiger partial charge in [0, 0.05) is 11.4 Å². The Balaban J connectivity index is 2.79. The van der Waals surface area contributed by atoms with E-state index in [0.29, 0.717) is 5.02 Å². The van der Waals surface area contributed by atoms with Crippen LogP contribution < -0.4 is 4.72 Å². The Hall–Kier alpha value is -1.64. The van der Waals surface area contributed by atoms with Crippen molar-refractivity contribution < 1.29 is 28.2 Å². The molecule has 1 rings (SSSR count). The standard InChI is InChI=1S/C12H14ClNO6S/c13-8-4-6-9(7-5-8)21(19,20)14-10(12(17)18)2-1-3-11(15)16/h4-7,10,14H,1-3H2,(H,15,16)(H,17,18). The van der Waals surface area contributed by atoms with Crippen molar-refractivity contribution >= 4 is 33.6 Å². The Kier molecular flexibility index (Phi) is 6.13. The SMILES string of the molecule is O=C(O)CCCC(NS(=O)(=O)c1ccc(Cl)cc1)C(=O)O. The average molecular weight is 336 g/mol. The molecule has 0 spiro atoms. The van der Waals surface area contributed by atoms with Crippen LogP contribution in [-0.2, 0) is 19.6 Å². The fourth-order valence-electron chi connectivity index (χ4n) is 1.56. The van der Waals surface area contributed by atoms with E-state index in [9.17, 15) is 18.0 Å². The van der Waals surface area contributed by atoms with Gasteiger partial charge in [-0.1, -0.05) is 11.6 Å². The quantitative estimate of drug-likeness (QED) is 0.659. The van der Waals surface area contributed by atoms with E-state index in [0.717, 1.165) is 0 Å². The summed E-state index contributed by atoms with van der Waals surface area (Å²) in [5.41, 5.74) is 0. The van der Waals surface area contributed by atoms with Gasteiger partial charge in [-0.05, 0) is 37.1 Å². The molecule has 7 nitrogen and oxygen atoms in total. The number of carboxylic acid groups (broad SMARTS) is 2. The monoisotopic (exact) mass is 335 g/mol. The van der Waals surface area contributed by atoms with Crippen LogP contribution >= 0.6 is 11.6 Å². The van der Waals surface area contributed by atoms with E-state index in [-0.39, 0.29) is 24.2 Å². The van der Waals surface area contributed by atoms with Crippen LogP contribution in [0.15, 0.2) is 29.2 Å². The number of halogens is 1. The van der Waals surface area contributed by atoms with Crippen molar-refractivity contribution in [3.05, 3.63) is 29.3 Å². The van der Waals surface area contributed by atoms with E-state index >= 15 is 0 Å². The summed E-state index contributed by atoms with van der Waals surface area (Å²) in [5.74, 6) is -2.43. The highest BCUT2D eigenvalue weighted by Gasteiger charge is 2.25. The zero-order valence-electron chi connectivity index (χ0n) is 10.8. The number of sulfonamides is 1. The van der Waals surface area contributed by atoms with Gasteiger partial charge in [0.25, 0.3) is 0 Å². The maximum atomic E-state index is 12.0. The van der Waals surface area contributed by atoms with Crippen LogP contribution in [-0.4, -0.2) is 36.6 Å². The number of hydrogen-bond acceptors (Lipinski definition) is 4. The molecule has 0 bridgehead atoms. The Morgan fingerprint density at radius 1 is 1.19 bits per heavy atom. The number of hydrogen-bond donors (Lipinski definition) is 3. The lowest BCUT2D eigenvalue weighted by Gasteiger charge is -2.14. The van der Waals surface area contributed by atoms with Gasteiger partial charge in [0.15, 0.2) is 0 Å². The number of rotatable bonds is 8. The molecule has 3 N–H and O–H groups in total. The van der Waals surface area contributed by atoms with Crippen molar-refractivity contribution in [3.63, 3.8) is 0 Å². The maximum absolute atomic E-state index is 12.0. The van der Waals surface area contributed by atoms with Crippen LogP contribution in [0.1, 0.15) is 19.3 Å². The average Bonchev–Trinajstić information content (AvgIpc) is 2.37. The number of benzene rings is 1. The smallest absolute Gasteiger partial charge is 0.321 e. The second-order valence-electron chi connectivity index (χ2n) is 4.25. The molecule has 1 aromatic rings. The molecule has 0 aliphatic rings. The number of carboxylic acids is 2. The highest BCUT2D eigenvalue weighted by molar-refractivity contribution is 7.89. The molecule has 21 heavy (non-hydrogen) atoms. The Labute approximate surface area is 126 Å². The van der Waals surface area contributed by atoms with E-state index in [1.165, 1.54) is 24.3 Å². The van der Waals surface area contributed by atoms with Crippen LogP contribution in [0, 0.1) is 0 Å². The minimum absolute atomic E-state index is 0.0510. The lowest BCUT2D eigenvalue weighted by Crippen LogP contribution is -2.40. The normalized spacial score (nSPS) is 12.8. The molecule has 0 amide bonds. The van der Waals surface area contributed by atoms with Gasteiger partial charge in [0.05, 0.1) is 4.90 Å². The summed E-state index contributed by atoms with van der Waals surface area (Å²) in [7, 11) is -4.01. The van der Waals surface area contributed by atoms with E-state index in [4.69, 9.17) is 21.8 Å². The highest BCUT2D eigenvalue weighted by atomic mass is 35.5. The van der Waals surface area contributed by atoms with E-state index < -0.39 is 28.0 Å². The lowest BCUT2D eigenvalue weighted by molar-refractivity contribution is -0.140. The van der Waals surface area contributed by atoms with Gasteiger partial charge in [-0.25, -0.2) is 8.42 Å². The van der Waals surface area contributed by atoms with Gasteiger partial charge in [-0.2, -0.15) is 4.72 Å². The first-order chi connectivity index (χ1) is 9.72. The van der Waals surface area contributed by atoms with Crippen molar-refractivity contribution in [3.8, 4) is 0 Å². The Morgan fingerprint density at radius 3 is 2.24 bits per heavy atom. The van der Waals surface area contributed by atoms with E-state index in [1.807, 2.05) is 4.72 Å². The van der Waals surface area contributed by atoms with E-state index in [2.05, 4.69) is 0 Å². The molecule has 1 aromatic carbocycles. The predicted octanol–water partition coefficient (Wildman–Crippen LogP) is 1.33. The summed E-state index contributed by atoms with van der Waals surface area (Å²) in [5, 5.41) is 17.9. The number of nitrogens with one attached hydrogen (secondary N) is 1. The van der Waals surface area contributed by atoms with Gasteiger partial charge >= 0.3 is 11.9 Å². The summed E-state index contributed by atoms with van der Waals surface area (Å²) >= 11 is 5.65. The molecule has 9 heteroatoms. The molecule has 0 aliphatic heterocycles. The minimum Gasteiger partial charge on any atom is -0.481 e. The molecule has 0 saturated heterocycles. The lowest BCUT2D eigenvalue weighted by atomic mass is 10.1. The predicted molar refractivity (Wildman–Crippen MR) is 74.7 cm³/mol. The summed E-state index contributed by atoms with van der Waals surface area (Å²) in [6.07, 6.45) is -0.295. The third-order valence-corrected chi connectivity index (χ3v) is 4.34. The van der Waals surface area contributed by atoms with Gasteiger partial charge in [-0.15, -0.1) is 0 Å². The third-order valence-electron chi connectivity index (χ3n) is 2.60. The van der Waals surface area contributed by atoms with Gasteiger partial charge < -0.3 is 10.2 Å². The summed E-state index contributed by atoms with van der Waals surface area (Å²) in [4.78, 5) is 21.3. The second kappa shape index (κ2) is 7.39. The maximum Gasteiger partial charge on any atom is 0.321 e. The molecular weight excluding hydrogens is 322 g/mol. The zero-order chi connectivity index (χ0) is 16.0. The van der Waals surface area contributed by atoms with Crippen LogP contribution in [0.2, 0.25) is 5.02 Å². The Bertz CT molecular complexity index is 613. The Morgan fingerprint density at radius 2 is 1.76 bits per heavy atom. The number of aliphatic carboxylic acids is 2. The zero-order valence-corrected chi connectivity index (χ0v) is 12.4. The molecule has 1 atom stereocenters. The topological polar surface area (TPSA) is 121 Å². The molecule has 116 valence electrons. The fourth-order valence-corrected chi connectivity index (χ4v) is 2.91. The summed E-state index contributed by atoms with van der Waals surface area (Å²) in [6, 6.07) is 3.86. The molecule has 0 radical (unpaired) electrons. The molecule has 0 fully saturated rings. The van der Waals surface area contributed by atoms with Crippen molar-refractivity contribution in [2.24, 2.45) is 0 Å². The largest absolute Gasteiger partial charge is 0.481 e. The van der Waals surface area contributed by atoms with Crippen LogP contribution in [0.25, 0.3) is 0 Å². The van der Waals surface area contributed by atoms with Crippen LogP contribution in [0.4, 0.5) is 0 Å². The molecule has 0 aromatic heterocycles. The molecule has 0 aliphatic carbocycles. The fraction of sp³-hybridized carbons (Fsp3) is 0.333. The first kappa shape index (κ1) is 17.4. The first-order valence-corrected chi connectivity index (χ1v) is 7.81. The van der Waals surface area contributed by atoms with Crippen molar-refractivity contribution in [2.45, 2.75) is 30.2 Å². The first-order valence-electron chi connectivity index (χ1n) is 5.95. The summed E-state index contributed by atoms with van der Waals surface area (Å²) < 4.78 is 26.1. The van der Waals surface area contributed by atoms with Gasteiger partial charge in [0.2, 0.25) is 10.0 Å². The van der Waals surface area contributed by atoms with Gasteiger partial charge in [-0.3, -0.25) is 9.59 Å². The molecule has 1 unspecified atom stereocenters. The van der Waals surface area contributed by atoms with Crippen LogP contribution in [0.5, 0.6) is 0 Å². The van der Waals surface area contributed by atoms with Crippen molar-refractivity contribution in [2.75, 3.05) is 0 Å². The highest BCUT2D eigenvalue weighted by Crippen LogP contribution is 2.15. The van der Waals surface area contributed by atoms with Crippen molar-refractivity contribution in [1.82, 2.24) is 4.72 Å².